The standard InChI is InChI=1S/C15H19FN2O2/c1-15(2,3)17-8-10-9-20-14(18-10)12-6-5-11(19-4)7-13(12)16/h5-7,9,17H,8H2,1-4H3. The molecule has 0 amide bonds. The van der Waals surface area contributed by atoms with Gasteiger partial charge in [0.2, 0.25) is 5.89 Å². The Bertz CT molecular complexity index is 588. The smallest absolute Gasteiger partial charge is 0.229 e. The van der Waals surface area contributed by atoms with E-state index in [2.05, 4.69) is 31.1 Å². The minimum Gasteiger partial charge on any atom is -0.497 e. The monoisotopic (exact) mass is 278 g/mol. The fourth-order valence-electron chi connectivity index (χ4n) is 1.66. The average molecular weight is 278 g/mol. The molecule has 0 aliphatic carbocycles. The van der Waals surface area contributed by atoms with E-state index in [1.165, 1.54) is 19.4 Å². The number of nitrogens with one attached hydrogen (secondary N) is 1. The van der Waals surface area contributed by atoms with Crippen LogP contribution in [0.25, 0.3) is 11.5 Å². The summed E-state index contributed by atoms with van der Waals surface area (Å²) in [4.78, 5) is 4.29. The molecule has 0 bridgehead atoms. The SMILES string of the molecule is COc1ccc(-c2nc(CNC(C)(C)C)co2)c(F)c1. The molecule has 4 nitrogen and oxygen atoms in total. The second-order valence-corrected chi connectivity index (χ2v) is 5.59. The Morgan fingerprint density at radius 2 is 2.10 bits per heavy atom. The minimum absolute atomic E-state index is 0.00945. The van der Waals surface area contributed by atoms with E-state index in [9.17, 15) is 4.39 Å². The molecule has 0 aliphatic heterocycles. The van der Waals surface area contributed by atoms with Crippen molar-refractivity contribution in [1.82, 2.24) is 10.3 Å². The second kappa shape index (κ2) is 5.63. The Morgan fingerprint density at radius 1 is 1.35 bits per heavy atom. The fourth-order valence-corrected chi connectivity index (χ4v) is 1.66. The number of methoxy groups -OCH3 is 1. The van der Waals surface area contributed by atoms with Gasteiger partial charge >= 0.3 is 0 Å². The number of benzene rings is 1. The van der Waals surface area contributed by atoms with Gasteiger partial charge in [0.1, 0.15) is 17.8 Å². The predicted molar refractivity (Wildman–Crippen MR) is 75.0 cm³/mol. The van der Waals surface area contributed by atoms with Crippen LogP contribution in [-0.4, -0.2) is 17.6 Å². The number of halogens is 1. The molecule has 0 saturated carbocycles. The molecule has 2 rings (SSSR count). The van der Waals surface area contributed by atoms with Crippen LogP contribution in [0.4, 0.5) is 4.39 Å². The summed E-state index contributed by atoms with van der Waals surface area (Å²) in [5.41, 5.74) is 1.06. The number of hydrogen-bond acceptors (Lipinski definition) is 4. The van der Waals surface area contributed by atoms with Crippen molar-refractivity contribution >= 4 is 0 Å². The molecule has 0 fully saturated rings. The predicted octanol–water partition coefficient (Wildman–Crippen LogP) is 3.38. The van der Waals surface area contributed by atoms with Crippen LogP contribution in [0.2, 0.25) is 0 Å². The summed E-state index contributed by atoms with van der Waals surface area (Å²) >= 11 is 0. The lowest BCUT2D eigenvalue weighted by Gasteiger charge is -2.19. The molecule has 20 heavy (non-hydrogen) atoms. The molecule has 108 valence electrons. The zero-order valence-electron chi connectivity index (χ0n) is 12.2. The molecule has 1 aromatic carbocycles. The highest BCUT2D eigenvalue weighted by Gasteiger charge is 2.14. The van der Waals surface area contributed by atoms with Crippen molar-refractivity contribution in [3.05, 3.63) is 36.0 Å². The van der Waals surface area contributed by atoms with E-state index in [-0.39, 0.29) is 11.4 Å². The molecule has 2 aromatic rings. The van der Waals surface area contributed by atoms with Crippen molar-refractivity contribution in [3.63, 3.8) is 0 Å². The maximum Gasteiger partial charge on any atom is 0.229 e. The van der Waals surface area contributed by atoms with E-state index in [1.54, 1.807) is 12.1 Å². The lowest BCUT2D eigenvalue weighted by atomic mass is 10.1. The Hall–Kier alpha value is -1.88. The largest absolute Gasteiger partial charge is 0.497 e. The highest BCUT2D eigenvalue weighted by atomic mass is 19.1. The quantitative estimate of drug-likeness (QED) is 0.931. The highest BCUT2D eigenvalue weighted by molar-refractivity contribution is 5.55. The molecule has 1 N–H and O–H groups in total. The molecule has 0 aliphatic rings. The van der Waals surface area contributed by atoms with E-state index in [4.69, 9.17) is 9.15 Å². The van der Waals surface area contributed by atoms with Crippen LogP contribution in [0.3, 0.4) is 0 Å². The van der Waals surface area contributed by atoms with Crippen LogP contribution in [0.15, 0.2) is 28.9 Å². The van der Waals surface area contributed by atoms with Gasteiger partial charge in [-0.1, -0.05) is 0 Å². The average Bonchev–Trinajstić information content (AvgIpc) is 2.84. The van der Waals surface area contributed by atoms with Gasteiger partial charge in [0.25, 0.3) is 0 Å². The van der Waals surface area contributed by atoms with Crippen molar-refractivity contribution in [3.8, 4) is 17.2 Å². The molecule has 0 unspecified atom stereocenters. The van der Waals surface area contributed by atoms with Gasteiger partial charge in [-0.05, 0) is 32.9 Å². The van der Waals surface area contributed by atoms with Crippen LogP contribution in [0.1, 0.15) is 26.5 Å². The molecule has 5 heteroatoms. The van der Waals surface area contributed by atoms with Gasteiger partial charge in [0, 0.05) is 18.2 Å². The van der Waals surface area contributed by atoms with E-state index >= 15 is 0 Å². The van der Waals surface area contributed by atoms with Crippen LogP contribution in [0, 0.1) is 5.82 Å². The van der Waals surface area contributed by atoms with Crippen LogP contribution >= 0.6 is 0 Å². The first kappa shape index (κ1) is 14.5. The summed E-state index contributed by atoms with van der Waals surface area (Å²) < 4.78 is 24.2. The van der Waals surface area contributed by atoms with Crippen LogP contribution < -0.4 is 10.1 Å². The first-order chi connectivity index (χ1) is 9.39. The lowest BCUT2D eigenvalue weighted by Crippen LogP contribution is -2.35. The molecule has 0 saturated heterocycles. The zero-order valence-corrected chi connectivity index (χ0v) is 12.2. The van der Waals surface area contributed by atoms with Gasteiger partial charge in [-0.3, -0.25) is 0 Å². The van der Waals surface area contributed by atoms with Gasteiger partial charge in [-0.25, -0.2) is 9.37 Å². The number of hydrogen-bond donors (Lipinski definition) is 1. The Balaban J connectivity index is 2.16. The number of rotatable bonds is 4. The van der Waals surface area contributed by atoms with Gasteiger partial charge < -0.3 is 14.5 Å². The highest BCUT2D eigenvalue weighted by Crippen LogP contribution is 2.25. The minimum atomic E-state index is -0.415. The molecule has 0 atom stereocenters. The van der Waals surface area contributed by atoms with Crippen molar-refractivity contribution in [2.45, 2.75) is 32.9 Å². The number of nitrogens with zero attached hydrogens (tertiary/aromatic N) is 1. The van der Waals surface area contributed by atoms with Gasteiger partial charge in [-0.2, -0.15) is 0 Å². The van der Waals surface area contributed by atoms with Gasteiger partial charge in [-0.15, -0.1) is 0 Å². The second-order valence-electron chi connectivity index (χ2n) is 5.59. The molecular formula is C15H19FN2O2. The molecular weight excluding hydrogens is 259 g/mol. The summed E-state index contributed by atoms with van der Waals surface area (Å²) in [7, 11) is 1.50. The zero-order chi connectivity index (χ0) is 14.8. The molecule has 0 spiro atoms. The van der Waals surface area contributed by atoms with Crippen molar-refractivity contribution in [2.24, 2.45) is 0 Å². The first-order valence-electron chi connectivity index (χ1n) is 6.42. The Morgan fingerprint density at radius 3 is 2.70 bits per heavy atom. The lowest BCUT2D eigenvalue weighted by molar-refractivity contribution is 0.411. The third-order valence-corrected chi connectivity index (χ3v) is 2.76. The summed E-state index contributed by atoms with van der Waals surface area (Å²) in [5.74, 6) is 0.324. The third kappa shape index (κ3) is 3.57. The number of aromatic nitrogens is 1. The Kier molecular flexibility index (Phi) is 4.09. The normalized spacial score (nSPS) is 11.7. The van der Waals surface area contributed by atoms with E-state index in [0.717, 1.165) is 5.69 Å². The summed E-state index contributed by atoms with van der Waals surface area (Å²) in [5, 5.41) is 3.30. The molecule has 1 aromatic heterocycles. The van der Waals surface area contributed by atoms with Gasteiger partial charge in [0.15, 0.2) is 0 Å². The molecule has 0 radical (unpaired) electrons. The fraction of sp³-hybridized carbons (Fsp3) is 0.400. The van der Waals surface area contributed by atoms with E-state index in [1.807, 2.05) is 0 Å². The Labute approximate surface area is 118 Å². The van der Waals surface area contributed by atoms with E-state index in [0.29, 0.717) is 17.9 Å². The van der Waals surface area contributed by atoms with Crippen LogP contribution in [-0.2, 0) is 6.54 Å². The van der Waals surface area contributed by atoms with Crippen molar-refractivity contribution in [1.29, 1.82) is 0 Å². The summed E-state index contributed by atoms with van der Waals surface area (Å²) in [6.45, 7) is 6.77. The maximum atomic E-state index is 13.9. The third-order valence-electron chi connectivity index (χ3n) is 2.76. The topological polar surface area (TPSA) is 47.3 Å². The maximum absolute atomic E-state index is 13.9. The summed E-state index contributed by atoms with van der Waals surface area (Å²) in [6, 6.07) is 4.59. The van der Waals surface area contributed by atoms with Crippen molar-refractivity contribution < 1.29 is 13.5 Å². The number of ether oxygens (including phenoxy) is 1. The summed E-state index contributed by atoms with van der Waals surface area (Å²) in [6.07, 6.45) is 1.54. The first-order valence-corrected chi connectivity index (χ1v) is 6.42. The van der Waals surface area contributed by atoms with E-state index < -0.39 is 5.82 Å². The van der Waals surface area contributed by atoms with Crippen LogP contribution in [0.5, 0.6) is 5.75 Å². The van der Waals surface area contributed by atoms with Crippen molar-refractivity contribution in [2.75, 3.05) is 7.11 Å². The van der Waals surface area contributed by atoms with Gasteiger partial charge in [0.05, 0.1) is 18.4 Å². The number of oxazole rings is 1. The molecule has 1 heterocycles.